The Morgan fingerprint density at radius 2 is 1.14 bits per heavy atom. The Bertz CT molecular complexity index is 2100. The minimum Gasteiger partial charge on any atom is -0.307 e. The van der Waals surface area contributed by atoms with Crippen molar-refractivity contribution >= 4 is 54.6 Å². The van der Waals surface area contributed by atoms with Crippen molar-refractivity contribution in [3.8, 4) is 11.6 Å². The van der Waals surface area contributed by atoms with E-state index in [0.717, 1.165) is 44.0 Å². The molecule has 0 aliphatic heterocycles. The van der Waals surface area contributed by atoms with E-state index in [1.807, 2.05) is 0 Å². The average Bonchev–Trinajstić information content (AvgIpc) is 3.46. The number of nitrogens with zero attached hydrogens (tertiary/aromatic N) is 6. The molecule has 0 aliphatic carbocycles. The maximum Gasteiger partial charge on any atom is 0.235 e. The zero-order chi connectivity index (χ0) is 23.6. The summed E-state index contributed by atoms with van der Waals surface area (Å²) in [5, 5.41) is 4.72. The Balaban J connectivity index is 1.64. The van der Waals surface area contributed by atoms with Crippen LogP contribution in [0.1, 0.15) is 0 Å². The molecule has 0 N–H and O–H groups in total. The number of rotatable bonds is 2. The molecule has 0 unspecified atom stereocenters. The number of fused-ring (bicyclic) bond motifs is 8. The highest BCUT2D eigenvalue weighted by Crippen LogP contribution is 2.41. The van der Waals surface area contributed by atoms with Crippen LogP contribution in [0.3, 0.4) is 0 Å². The largest absolute Gasteiger partial charge is 0.307 e. The molecule has 4 aromatic carbocycles. The first-order valence-corrected chi connectivity index (χ1v) is 11.8. The quantitative estimate of drug-likeness (QED) is 0.290. The third kappa shape index (κ3) is 2.55. The molecule has 0 spiro atoms. The third-order valence-corrected chi connectivity index (χ3v) is 6.93. The summed E-state index contributed by atoms with van der Waals surface area (Å²) in [6.07, 6.45) is 5.03. The smallest absolute Gasteiger partial charge is 0.235 e. The second kappa shape index (κ2) is 7.20. The molecule has 8 aromatic rings. The van der Waals surface area contributed by atoms with Gasteiger partial charge in [0.1, 0.15) is 17.4 Å². The van der Waals surface area contributed by atoms with Crippen LogP contribution in [0.15, 0.2) is 110 Å². The summed E-state index contributed by atoms with van der Waals surface area (Å²) < 4.78 is 4.53. The zero-order valence-corrected chi connectivity index (χ0v) is 19.1. The van der Waals surface area contributed by atoms with Crippen molar-refractivity contribution in [1.82, 2.24) is 29.1 Å². The van der Waals surface area contributed by atoms with E-state index in [1.165, 1.54) is 17.1 Å². The van der Waals surface area contributed by atoms with E-state index in [9.17, 15) is 0 Å². The number of hydrogen-bond donors (Lipinski definition) is 0. The van der Waals surface area contributed by atoms with Gasteiger partial charge in [0.2, 0.25) is 5.95 Å². The second-order valence-corrected chi connectivity index (χ2v) is 8.86. The SMILES string of the molecule is c1ccc(-n2c3ccccc3c3ccc4c5ccccc5n(-c5ncc6ncncc6n5)c4c32)cc1. The minimum absolute atomic E-state index is 0.598. The van der Waals surface area contributed by atoms with Crippen LogP contribution in [0.25, 0.3) is 66.3 Å². The standard InChI is InChI=1S/C30H18N6/c1-2-8-19(9-3-1)35-26-12-6-4-10-20(26)22-14-15-23-21-11-5-7-13-27(21)36(29(23)28(22)35)30-32-17-24-25(34-30)16-31-18-33-24/h1-18H. The summed E-state index contributed by atoms with van der Waals surface area (Å²) in [5.74, 6) is 0.598. The van der Waals surface area contributed by atoms with Crippen LogP contribution in [-0.2, 0) is 0 Å². The summed E-state index contributed by atoms with van der Waals surface area (Å²) in [6, 6.07) is 32.0. The molecule has 0 saturated heterocycles. The normalized spacial score (nSPS) is 11.9. The maximum absolute atomic E-state index is 4.90. The maximum atomic E-state index is 4.90. The van der Waals surface area contributed by atoms with Crippen molar-refractivity contribution in [2.75, 3.05) is 0 Å². The molecule has 0 saturated carbocycles. The van der Waals surface area contributed by atoms with E-state index in [-0.39, 0.29) is 0 Å². The average molecular weight is 463 g/mol. The van der Waals surface area contributed by atoms with Crippen LogP contribution in [0.4, 0.5) is 0 Å². The van der Waals surface area contributed by atoms with Crippen molar-refractivity contribution in [2.45, 2.75) is 0 Å². The van der Waals surface area contributed by atoms with E-state index < -0.39 is 0 Å². The first kappa shape index (κ1) is 19.2. The highest BCUT2D eigenvalue weighted by Gasteiger charge is 2.21. The predicted octanol–water partition coefficient (Wildman–Crippen LogP) is 6.61. The number of para-hydroxylation sites is 3. The van der Waals surface area contributed by atoms with Gasteiger partial charge in [-0.25, -0.2) is 19.9 Å². The van der Waals surface area contributed by atoms with E-state index in [4.69, 9.17) is 9.97 Å². The Hall–Kier alpha value is -5.10. The van der Waals surface area contributed by atoms with Gasteiger partial charge >= 0.3 is 0 Å². The first-order valence-electron chi connectivity index (χ1n) is 11.8. The van der Waals surface area contributed by atoms with Gasteiger partial charge in [0.25, 0.3) is 0 Å². The van der Waals surface area contributed by atoms with Crippen molar-refractivity contribution in [1.29, 1.82) is 0 Å². The Kier molecular flexibility index (Phi) is 3.85. The molecule has 0 amide bonds. The fourth-order valence-corrected chi connectivity index (χ4v) is 5.43. The summed E-state index contributed by atoms with van der Waals surface area (Å²) in [6.45, 7) is 0. The molecular weight excluding hydrogens is 444 g/mol. The van der Waals surface area contributed by atoms with Crippen LogP contribution in [0.5, 0.6) is 0 Å². The molecule has 0 radical (unpaired) electrons. The van der Waals surface area contributed by atoms with Gasteiger partial charge in [0.15, 0.2) is 0 Å². The topological polar surface area (TPSA) is 61.4 Å². The molecule has 168 valence electrons. The van der Waals surface area contributed by atoms with Crippen molar-refractivity contribution in [3.63, 3.8) is 0 Å². The van der Waals surface area contributed by atoms with E-state index in [2.05, 4.69) is 110 Å². The number of benzene rings is 4. The molecule has 0 fully saturated rings. The molecular formula is C30H18N6. The van der Waals surface area contributed by atoms with E-state index in [1.54, 1.807) is 12.4 Å². The van der Waals surface area contributed by atoms with Crippen LogP contribution < -0.4 is 0 Å². The highest BCUT2D eigenvalue weighted by molar-refractivity contribution is 6.23. The van der Waals surface area contributed by atoms with E-state index >= 15 is 0 Å². The fraction of sp³-hybridized carbons (Fsp3) is 0. The molecule has 36 heavy (non-hydrogen) atoms. The van der Waals surface area contributed by atoms with Gasteiger partial charge in [0.05, 0.1) is 34.5 Å². The van der Waals surface area contributed by atoms with Crippen molar-refractivity contribution in [3.05, 3.63) is 110 Å². The Morgan fingerprint density at radius 3 is 1.89 bits per heavy atom. The lowest BCUT2D eigenvalue weighted by molar-refractivity contribution is 1.00. The molecule has 4 aromatic heterocycles. The number of aromatic nitrogens is 6. The molecule has 0 bridgehead atoms. The lowest BCUT2D eigenvalue weighted by Crippen LogP contribution is -2.03. The molecule has 0 aliphatic rings. The summed E-state index contributed by atoms with van der Waals surface area (Å²) in [4.78, 5) is 18.2. The van der Waals surface area contributed by atoms with Gasteiger partial charge in [-0.2, -0.15) is 0 Å². The van der Waals surface area contributed by atoms with Crippen LogP contribution in [0.2, 0.25) is 0 Å². The summed E-state index contributed by atoms with van der Waals surface area (Å²) in [5.41, 5.74) is 6.97. The third-order valence-electron chi connectivity index (χ3n) is 6.93. The zero-order valence-electron chi connectivity index (χ0n) is 19.1. The van der Waals surface area contributed by atoms with Gasteiger partial charge in [-0.1, -0.05) is 66.7 Å². The highest BCUT2D eigenvalue weighted by atomic mass is 15.2. The second-order valence-electron chi connectivity index (χ2n) is 8.86. The molecule has 4 heterocycles. The van der Waals surface area contributed by atoms with Gasteiger partial charge < -0.3 is 4.57 Å². The molecule has 6 nitrogen and oxygen atoms in total. The van der Waals surface area contributed by atoms with Gasteiger partial charge in [-0.3, -0.25) is 4.57 Å². The minimum atomic E-state index is 0.598. The number of hydrogen-bond acceptors (Lipinski definition) is 4. The van der Waals surface area contributed by atoms with Crippen LogP contribution >= 0.6 is 0 Å². The van der Waals surface area contributed by atoms with Gasteiger partial charge in [0, 0.05) is 27.2 Å². The van der Waals surface area contributed by atoms with Gasteiger partial charge in [-0.15, -0.1) is 0 Å². The lowest BCUT2D eigenvalue weighted by Gasteiger charge is -2.11. The molecule has 6 heteroatoms. The van der Waals surface area contributed by atoms with Crippen LogP contribution in [-0.4, -0.2) is 29.1 Å². The Morgan fingerprint density at radius 1 is 0.500 bits per heavy atom. The summed E-state index contributed by atoms with van der Waals surface area (Å²) in [7, 11) is 0. The first-order chi connectivity index (χ1) is 17.9. The molecule has 8 rings (SSSR count). The lowest BCUT2D eigenvalue weighted by atomic mass is 10.1. The van der Waals surface area contributed by atoms with Crippen LogP contribution in [0, 0.1) is 0 Å². The van der Waals surface area contributed by atoms with Crippen molar-refractivity contribution in [2.24, 2.45) is 0 Å². The Labute approximate surface area is 205 Å². The summed E-state index contributed by atoms with van der Waals surface area (Å²) >= 11 is 0. The monoisotopic (exact) mass is 462 g/mol. The van der Waals surface area contributed by atoms with E-state index in [0.29, 0.717) is 11.5 Å². The fourth-order valence-electron chi connectivity index (χ4n) is 5.43. The van der Waals surface area contributed by atoms with Crippen molar-refractivity contribution < 1.29 is 0 Å². The predicted molar refractivity (Wildman–Crippen MR) is 144 cm³/mol. The molecule has 0 atom stereocenters. The van der Waals surface area contributed by atoms with Gasteiger partial charge in [-0.05, 0) is 24.3 Å².